The summed E-state index contributed by atoms with van der Waals surface area (Å²) in [6.07, 6.45) is 7.77. The van der Waals surface area contributed by atoms with Gasteiger partial charge in [-0.1, -0.05) is 6.92 Å². The van der Waals surface area contributed by atoms with E-state index in [4.69, 9.17) is 16.6 Å². The Morgan fingerprint density at radius 1 is 0.483 bits per heavy atom. The van der Waals surface area contributed by atoms with Crippen molar-refractivity contribution in [2.24, 2.45) is 11.5 Å². The maximum absolute atomic E-state index is 11.4. The molecule has 0 saturated carbocycles. The van der Waals surface area contributed by atoms with Crippen LogP contribution in [0, 0.1) is 0 Å². The molecule has 0 aromatic carbocycles. The first-order valence-electron chi connectivity index (χ1n) is 31.7. The molecular formula is C61H132N13Na2O12P. The van der Waals surface area contributed by atoms with Crippen LogP contribution < -0.4 is 102 Å². The van der Waals surface area contributed by atoms with E-state index in [0.29, 0.717) is 63.6 Å². The van der Waals surface area contributed by atoms with Gasteiger partial charge in [-0.2, -0.15) is 30.4 Å². The normalized spacial score (nSPS) is 26.8. The van der Waals surface area contributed by atoms with Crippen LogP contribution in [0.15, 0.2) is 0 Å². The molecule has 6 saturated heterocycles. The molecule has 0 aliphatic carbocycles. The molecule has 0 atom stereocenters. The number of phosphoric ester groups is 1. The molecule has 520 valence electrons. The van der Waals surface area contributed by atoms with Crippen molar-refractivity contribution in [2.45, 2.75) is 340 Å². The first-order valence-corrected chi connectivity index (χ1v) is 33.1. The van der Waals surface area contributed by atoms with Crippen molar-refractivity contribution in [3.05, 3.63) is 0 Å². The summed E-state index contributed by atoms with van der Waals surface area (Å²) >= 11 is 0. The van der Waals surface area contributed by atoms with Crippen LogP contribution in [0.1, 0.15) is 244 Å². The fourth-order valence-corrected chi connectivity index (χ4v) is 15.4. The molecule has 1 amide bonds. The zero-order valence-electron chi connectivity index (χ0n) is 61.3. The van der Waals surface area contributed by atoms with Gasteiger partial charge in [-0.3, -0.25) is 10.2 Å². The van der Waals surface area contributed by atoms with Crippen molar-refractivity contribution in [3.8, 4) is 0 Å². The van der Waals surface area contributed by atoms with Gasteiger partial charge in [-0.25, -0.2) is 5.01 Å². The number of hydrogen-bond donors (Lipinski definition) is 13. The quantitative estimate of drug-likeness (QED) is 0.0966. The summed E-state index contributed by atoms with van der Waals surface area (Å²) in [7, 11) is -2.98. The van der Waals surface area contributed by atoms with Gasteiger partial charge in [-0.05, 0) is 237 Å². The van der Waals surface area contributed by atoms with E-state index in [0.717, 1.165) is 57.9 Å². The molecule has 0 aromatic heterocycles. The molecule has 6 fully saturated rings. The van der Waals surface area contributed by atoms with Crippen LogP contribution in [0.25, 0.3) is 0 Å². The number of carbonyl (C=O) groups is 1. The third-order valence-corrected chi connectivity index (χ3v) is 18.5. The minimum absolute atomic E-state index is 0. The van der Waals surface area contributed by atoms with Gasteiger partial charge in [-0.15, -0.1) is 0 Å². The topological polar surface area (TPSA) is 354 Å². The summed E-state index contributed by atoms with van der Waals surface area (Å²) in [5, 5.41) is 89.2. The van der Waals surface area contributed by atoms with Crippen molar-refractivity contribution in [1.82, 2.24) is 56.8 Å². The van der Waals surface area contributed by atoms with E-state index in [1.54, 1.807) is 27.7 Å². The number of amides is 1. The van der Waals surface area contributed by atoms with E-state index in [1.165, 1.54) is 30.4 Å². The number of rotatable bonds is 11. The average Bonchev–Trinajstić information content (AvgIpc) is 1.14. The van der Waals surface area contributed by atoms with Gasteiger partial charge in [0.2, 0.25) is 5.91 Å². The van der Waals surface area contributed by atoms with Crippen LogP contribution in [-0.4, -0.2) is 221 Å². The van der Waals surface area contributed by atoms with Crippen LogP contribution >= 0.6 is 7.82 Å². The SMILES string of the molecule is CC1(C)CC(N)CC(C)(C)N1O.CC1(C)CC(NCCN)CC(C)(C)N1O.CC1(C)CC(NCCO)CC(C)(C)N1O.CC1(C)CC(OP(=O)([O-])[O-])CC(C)(C)N1O.CCC(=O)NN1CC(C)(C)N(O)C(C)(C)C1.CNC1CC(C)(C)N(O)C(C)(C)C1.[Na+].[Na+]. The second kappa shape index (κ2) is 35.0. The van der Waals surface area contributed by atoms with Gasteiger partial charge in [0.1, 0.15) is 0 Å². The monoisotopic (exact) mass is 1320 g/mol. The molecule has 6 aliphatic rings. The van der Waals surface area contributed by atoms with Crippen LogP contribution in [0.5, 0.6) is 0 Å². The number of nitrogens with zero attached hydrogens (tertiary/aromatic N) is 7. The van der Waals surface area contributed by atoms with E-state index in [9.17, 15) is 50.4 Å². The molecule has 6 heterocycles. The van der Waals surface area contributed by atoms with Crippen molar-refractivity contribution >= 4 is 13.7 Å². The Balaban J connectivity index is 0. The molecule has 6 aliphatic heterocycles. The van der Waals surface area contributed by atoms with Crippen LogP contribution in [0.2, 0.25) is 0 Å². The number of hydroxylamine groups is 12. The number of piperidine rings is 5. The van der Waals surface area contributed by atoms with Crippen molar-refractivity contribution in [1.29, 1.82) is 0 Å². The summed E-state index contributed by atoms with van der Waals surface area (Å²) in [5.74, 6) is 0.0120. The Morgan fingerprint density at radius 2 is 0.742 bits per heavy atom. The van der Waals surface area contributed by atoms with Gasteiger partial charge in [0.25, 0.3) is 0 Å². The largest absolute Gasteiger partial charge is 1.00 e. The smallest absolute Gasteiger partial charge is 0.790 e. The first kappa shape index (κ1) is 91.9. The zero-order chi connectivity index (χ0) is 68.6. The van der Waals surface area contributed by atoms with Crippen molar-refractivity contribution in [3.63, 3.8) is 0 Å². The molecule has 0 unspecified atom stereocenters. The summed E-state index contributed by atoms with van der Waals surface area (Å²) in [4.78, 5) is 32.5. The third kappa shape index (κ3) is 28.3. The number of aliphatic hydroxyl groups excluding tert-OH is 1. The molecule has 0 bridgehead atoms. The molecular weight excluding hydrogens is 1180 g/mol. The molecule has 6 rings (SSSR count). The number of carbonyl (C=O) groups excluding carboxylic acids is 1. The van der Waals surface area contributed by atoms with E-state index < -0.39 is 25.0 Å². The first-order chi connectivity index (χ1) is 38.8. The second-order valence-electron chi connectivity index (χ2n) is 33.1. The van der Waals surface area contributed by atoms with Gasteiger partial charge >= 0.3 is 59.1 Å². The van der Waals surface area contributed by atoms with Gasteiger partial charge in [0.05, 0.1) is 31.6 Å². The number of phosphoric acid groups is 1. The second-order valence-corrected chi connectivity index (χ2v) is 34.2. The number of hydrogen-bond acceptors (Lipinski definition) is 24. The van der Waals surface area contributed by atoms with Crippen LogP contribution in [-0.2, 0) is 13.9 Å². The Bertz CT molecular complexity index is 2000. The summed E-state index contributed by atoms with van der Waals surface area (Å²) in [5.41, 5.74) is 10.8. The Labute approximate surface area is 583 Å². The Hall–Kier alpha value is 0.820. The van der Waals surface area contributed by atoms with Crippen LogP contribution in [0.4, 0.5) is 0 Å². The van der Waals surface area contributed by atoms with E-state index >= 15 is 0 Å². The minimum atomic E-state index is -4.97. The average molecular weight is 1320 g/mol. The predicted octanol–water partition coefficient (Wildman–Crippen LogP) is 0.139. The summed E-state index contributed by atoms with van der Waals surface area (Å²) in [6.45, 7) is 53.1. The Kier molecular flexibility index (Phi) is 36.2. The minimum Gasteiger partial charge on any atom is -0.790 e. The summed E-state index contributed by atoms with van der Waals surface area (Å²) < 4.78 is 15.1. The van der Waals surface area contributed by atoms with Crippen molar-refractivity contribution < 1.29 is 119 Å². The van der Waals surface area contributed by atoms with Crippen LogP contribution in [0.3, 0.4) is 0 Å². The molecule has 0 aromatic rings. The molecule has 0 spiro atoms. The molecule has 28 heteroatoms. The fraction of sp³-hybridized carbons (Fsp3) is 0.984. The number of nitrogens with two attached hydrogens (primary N) is 2. The number of hydrazine groups is 1. The van der Waals surface area contributed by atoms with E-state index in [-0.39, 0.29) is 133 Å². The standard InChI is InChI=1S/C11H23N3O2.C11H25N3O.C11H24N2O2.C10H22N2O.C9H20N2O.C9H20NO5P.2Na/c1-6-9(15)12-13-7-10(2,3)14(16)11(4,5)8-13;1-10(2)7-9(13-6-5-12)8-11(3,4)14(10)15;1-10(2)7-9(12-5-6-14)8-11(3,4)13(10)15;1-9(2)6-8(11-5)7-10(3,4)12(9)13;1-8(2)5-7(10)6-9(3,4)11(8)12;1-8(2)5-7(15-16(12,13)14)6-9(3,4)10(8)11;;/h16H,6-8H2,1-5H3,(H,12,15);9,13,15H,5-8,12H2,1-4H3;9,12,14-15H,5-8H2,1-4H3;8,11,13H,6-7H2,1-5H3;7,12H,5-6,10H2,1-4H3;7,11H,5-6H2,1-4H3,(H2,12,13,14);;/q;;;;;;2*+1/p-2. The summed E-state index contributed by atoms with van der Waals surface area (Å²) in [6, 6.07) is 1.53. The number of piperazine rings is 1. The van der Waals surface area contributed by atoms with Crippen molar-refractivity contribution in [2.75, 3.05) is 46.4 Å². The van der Waals surface area contributed by atoms with E-state index in [2.05, 4.69) is 81.3 Å². The fourth-order valence-electron chi connectivity index (χ4n) is 14.9. The third-order valence-electron chi connectivity index (χ3n) is 17.9. The van der Waals surface area contributed by atoms with Gasteiger partial charge in [0.15, 0.2) is 0 Å². The predicted molar refractivity (Wildman–Crippen MR) is 340 cm³/mol. The number of aliphatic hydroxyl groups is 1. The maximum atomic E-state index is 11.4. The molecule has 0 radical (unpaired) electrons. The molecule has 25 nitrogen and oxygen atoms in total. The van der Waals surface area contributed by atoms with Gasteiger partial charge < -0.3 is 82.6 Å². The number of nitrogens with one attached hydrogen (secondary N) is 4. The Morgan fingerprint density at radius 3 is 1.00 bits per heavy atom. The molecule has 15 N–H and O–H groups in total. The van der Waals surface area contributed by atoms with Gasteiger partial charge in [0, 0.05) is 119 Å². The maximum Gasteiger partial charge on any atom is 1.00 e. The molecule has 89 heavy (non-hydrogen) atoms. The van der Waals surface area contributed by atoms with E-state index in [1.807, 2.05) is 102 Å². The zero-order valence-corrected chi connectivity index (χ0v) is 66.2.